The van der Waals surface area contributed by atoms with E-state index in [1.165, 1.54) is 17.0 Å². The van der Waals surface area contributed by atoms with Crippen LogP contribution in [-0.2, 0) is 9.53 Å². The molecule has 0 radical (unpaired) electrons. The van der Waals surface area contributed by atoms with Gasteiger partial charge in [0.1, 0.15) is 18.4 Å². The van der Waals surface area contributed by atoms with Gasteiger partial charge in [0.2, 0.25) is 5.91 Å². The van der Waals surface area contributed by atoms with E-state index in [9.17, 15) is 27.9 Å². The second-order valence-corrected chi connectivity index (χ2v) is 5.99. The molecular formula is C17H21F3N2O4. The molecule has 9 heteroatoms. The standard InChI is InChI=1S/C17H21F3N2O4/c18-17(19,20)11-26-10-4-8-21-15(24)13-6-3-9-22(13)16(25)12-5-1-2-7-14(12)23/h1-2,5,7,13,23H,3-4,6,8-11H2,(H,21,24). The Morgan fingerprint density at radius 3 is 2.73 bits per heavy atom. The van der Waals surface area contributed by atoms with E-state index in [2.05, 4.69) is 10.1 Å². The van der Waals surface area contributed by atoms with Crippen molar-refractivity contribution in [3.05, 3.63) is 29.8 Å². The Morgan fingerprint density at radius 2 is 2.04 bits per heavy atom. The first kappa shape index (κ1) is 20.0. The number of likely N-dealkylation sites (tertiary alicyclic amines) is 1. The fourth-order valence-corrected chi connectivity index (χ4v) is 2.78. The summed E-state index contributed by atoms with van der Waals surface area (Å²) >= 11 is 0. The van der Waals surface area contributed by atoms with Crippen LogP contribution in [0.25, 0.3) is 0 Å². The number of hydrogen-bond donors (Lipinski definition) is 2. The molecule has 1 fully saturated rings. The maximum atomic E-state index is 12.6. The molecule has 2 amide bonds. The number of carbonyl (C=O) groups is 2. The van der Waals surface area contributed by atoms with Crippen LogP contribution in [0.1, 0.15) is 29.6 Å². The maximum Gasteiger partial charge on any atom is 0.411 e. The maximum absolute atomic E-state index is 12.6. The largest absolute Gasteiger partial charge is 0.507 e. The Bertz CT molecular complexity index is 637. The summed E-state index contributed by atoms with van der Waals surface area (Å²) in [5.41, 5.74) is 0.132. The predicted octanol–water partition coefficient (Wildman–Crippen LogP) is 2.08. The summed E-state index contributed by atoms with van der Waals surface area (Å²) in [5, 5.41) is 12.4. The van der Waals surface area contributed by atoms with Crippen LogP contribution in [0.2, 0.25) is 0 Å². The lowest BCUT2D eigenvalue weighted by molar-refractivity contribution is -0.174. The lowest BCUT2D eigenvalue weighted by atomic mass is 10.1. The summed E-state index contributed by atoms with van der Waals surface area (Å²) in [6.07, 6.45) is -2.97. The summed E-state index contributed by atoms with van der Waals surface area (Å²) in [7, 11) is 0. The van der Waals surface area contributed by atoms with E-state index in [-0.39, 0.29) is 36.8 Å². The Hall–Kier alpha value is -2.29. The Balaban J connectivity index is 1.81. The molecule has 1 aromatic carbocycles. The molecule has 2 rings (SSSR count). The Labute approximate surface area is 148 Å². The van der Waals surface area contributed by atoms with Crippen LogP contribution < -0.4 is 5.32 Å². The third kappa shape index (κ3) is 5.62. The molecule has 0 aliphatic carbocycles. The number of nitrogens with one attached hydrogen (secondary N) is 1. The highest BCUT2D eigenvalue weighted by Crippen LogP contribution is 2.24. The Kier molecular flexibility index (Phi) is 6.84. The number of alkyl halides is 3. The quantitative estimate of drug-likeness (QED) is 0.717. The van der Waals surface area contributed by atoms with Crippen LogP contribution in [0.15, 0.2) is 24.3 Å². The van der Waals surface area contributed by atoms with Crippen molar-refractivity contribution in [3.8, 4) is 5.75 Å². The number of rotatable bonds is 7. The van der Waals surface area contributed by atoms with Crippen LogP contribution >= 0.6 is 0 Å². The lowest BCUT2D eigenvalue weighted by Gasteiger charge is -2.24. The SMILES string of the molecule is O=C(NCCCOCC(F)(F)F)C1CCCN1C(=O)c1ccccc1O. The van der Waals surface area contributed by atoms with Crippen LogP contribution in [0.4, 0.5) is 13.2 Å². The van der Waals surface area contributed by atoms with Crippen molar-refractivity contribution in [1.29, 1.82) is 0 Å². The van der Waals surface area contributed by atoms with Gasteiger partial charge in [0.15, 0.2) is 0 Å². The topological polar surface area (TPSA) is 78.9 Å². The zero-order chi connectivity index (χ0) is 19.2. The fourth-order valence-electron chi connectivity index (χ4n) is 2.78. The van der Waals surface area contributed by atoms with Gasteiger partial charge in [-0.25, -0.2) is 0 Å². The highest BCUT2D eigenvalue weighted by molar-refractivity contribution is 5.99. The van der Waals surface area contributed by atoms with Gasteiger partial charge in [-0.15, -0.1) is 0 Å². The minimum Gasteiger partial charge on any atom is -0.507 e. The third-order valence-corrected chi connectivity index (χ3v) is 3.98. The molecule has 26 heavy (non-hydrogen) atoms. The average Bonchev–Trinajstić information content (AvgIpc) is 3.06. The lowest BCUT2D eigenvalue weighted by Crippen LogP contribution is -2.46. The van der Waals surface area contributed by atoms with Gasteiger partial charge in [-0.05, 0) is 31.4 Å². The van der Waals surface area contributed by atoms with Crippen molar-refractivity contribution in [2.24, 2.45) is 0 Å². The molecule has 0 bridgehead atoms. The van der Waals surface area contributed by atoms with Gasteiger partial charge in [-0.3, -0.25) is 9.59 Å². The first-order chi connectivity index (χ1) is 12.3. The first-order valence-corrected chi connectivity index (χ1v) is 8.31. The van der Waals surface area contributed by atoms with Gasteiger partial charge in [0, 0.05) is 19.7 Å². The number of phenols is 1. The van der Waals surface area contributed by atoms with Gasteiger partial charge in [0.05, 0.1) is 5.56 Å². The van der Waals surface area contributed by atoms with E-state index >= 15 is 0 Å². The summed E-state index contributed by atoms with van der Waals surface area (Å²) in [4.78, 5) is 26.2. The van der Waals surface area contributed by atoms with Crippen molar-refractivity contribution in [1.82, 2.24) is 10.2 Å². The molecule has 2 N–H and O–H groups in total. The molecule has 1 aromatic rings. The van der Waals surface area contributed by atoms with Crippen LogP contribution in [0.3, 0.4) is 0 Å². The molecule has 1 aliphatic heterocycles. The first-order valence-electron chi connectivity index (χ1n) is 8.31. The van der Waals surface area contributed by atoms with E-state index in [1.807, 2.05) is 0 Å². The number of halogens is 3. The summed E-state index contributed by atoms with van der Waals surface area (Å²) in [6.45, 7) is -0.872. The van der Waals surface area contributed by atoms with Gasteiger partial charge >= 0.3 is 6.18 Å². The number of aromatic hydroxyl groups is 1. The number of amides is 2. The number of ether oxygens (including phenoxy) is 1. The van der Waals surface area contributed by atoms with Crippen LogP contribution in [-0.4, -0.2) is 60.3 Å². The number of phenolic OH excluding ortho intramolecular Hbond substituents is 1. The monoisotopic (exact) mass is 374 g/mol. The normalized spacial score (nSPS) is 17.3. The highest BCUT2D eigenvalue weighted by atomic mass is 19.4. The molecule has 0 saturated carbocycles. The van der Waals surface area contributed by atoms with Crippen LogP contribution in [0, 0.1) is 0 Å². The number of hydrogen-bond acceptors (Lipinski definition) is 4. The summed E-state index contributed by atoms with van der Waals surface area (Å²) < 4.78 is 40.3. The van der Waals surface area contributed by atoms with Crippen LogP contribution in [0.5, 0.6) is 5.75 Å². The summed E-state index contributed by atoms with van der Waals surface area (Å²) in [5.74, 6) is -0.929. The number of para-hydroxylation sites is 1. The fraction of sp³-hybridized carbons (Fsp3) is 0.529. The minimum atomic E-state index is -4.36. The van der Waals surface area contributed by atoms with Crippen molar-refractivity contribution >= 4 is 11.8 Å². The predicted molar refractivity (Wildman–Crippen MR) is 86.7 cm³/mol. The second-order valence-electron chi connectivity index (χ2n) is 5.99. The van der Waals surface area contributed by atoms with E-state index in [0.29, 0.717) is 19.4 Å². The zero-order valence-corrected chi connectivity index (χ0v) is 14.1. The van der Waals surface area contributed by atoms with E-state index in [1.54, 1.807) is 12.1 Å². The number of nitrogens with zero attached hydrogens (tertiary/aromatic N) is 1. The van der Waals surface area contributed by atoms with E-state index < -0.39 is 24.7 Å². The van der Waals surface area contributed by atoms with E-state index in [0.717, 1.165) is 0 Å². The average molecular weight is 374 g/mol. The zero-order valence-electron chi connectivity index (χ0n) is 14.1. The van der Waals surface area contributed by atoms with Crippen molar-refractivity contribution in [2.45, 2.75) is 31.5 Å². The highest BCUT2D eigenvalue weighted by Gasteiger charge is 2.35. The molecule has 144 valence electrons. The molecule has 1 aliphatic rings. The molecule has 1 atom stereocenters. The van der Waals surface area contributed by atoms with Crippen molar-refractivity contribution < 1.29 is 32.6 Å². The number of benzene rings is 1. The number of carbonyl (C=O) groups excluding carboxylic acids is 2. The smallest absolute Gasteiger partial charge is 0.411 e. The van der Waals surface area contributed by atoms with Gasteiger partial charge in [-0.1, -0.05) is 12.1 Å². The minimum absolute atomic E-state index is 0.120. The molecular weight excluding hydrogens is 353 g/mol. The van der Waals surface area contributed by atoms with Crippen molar-refractivity contribution in [3.63, 3.8) is 0 Å². The molecule has 0 spiro atoms. The third-order valence-electron chi connectivity index (χ3n) is 3.98. The Morgan fingerprint density at radius 1 is 1.31 bits per heavy atom. The van der Waals surface area contributed by atoms with Gasteiger partial charge in [0.25, 0.3) is 5.91 Å². The summed E-state index contributed by atoms with van der Waals surface area (Å²) in [6, 6.07) is 5.46. The second kappa shape index (κ2) is 8.88. The molecule has 1 heterocycles. The molecule has 6 nitrogen and oxygen atoms in total. The van der Waals surface area contributed by atoms with Gasteiger partial charge < -0.3 is 20.1 Å². The van der Waals surface area contributed by atoms with E-state index in [4.69, 9.17) is 0 Å². The van der Waals surface area contributed by atoms with Gasteiger partial charge in [-0.2, -0.15) is 13.2 Å². The molecule has 1 unspecified atom stereocenters. The molecule has 0 aromatic heterocycles. The van der Waals surface area contributed by atoms with Crippen molar-refractivity contribution in [2.75, 3.05) is 26.3 Å². The molecule has 1 saturated heterocycles.